The maximum atomic E-state index is 12.7. The zero-order valence-electron chi connectivity index (χ0n) is 26.4. The number of aliphatic hydroxyl groups excluding tert-OH is 1. The van der Waals surface area contributed by atoms with Crippen LogP contribution in [-0.2, 0) is 25.3 Å². The van der Waals surface area contributed by atoms with E-state index < -0.39 is 6.10 Å². The van der Waals surface area contributed by atoms with E-state index in [2.05, 4.69) is 53.2 Å². The van der Waals surface area contributed by atoms with Gasteiger partial charge in [0.25, 0.3) is 0 Å². The molecule has 6 nitrogen and oxygen atoms in total. The van der Waals surface area contributed by atoms with Gasteiger partial charge in [0.1, 0.15) is 0 Å². The minimum atomic E-state index is -0.491. The third-order valence-electron chi connectivity index (χ3n) is 8.72. The van der Waals surface area contributed by atoms with E-state index in [1.807, 2.05) is 31.2 Å². The van der Waals surface area contributed by atoms with E-state index in [1.54, 1.807) is 0 Å². The van der Waals surface area contributed by atoms with Crippen LogP contribution in [0.5, 0.6) is 0 Å². The molecule has 1 saturated carbocycles. The Morgan fingerprint density at radius 1 is 1.02 bits per heavy atom. The number of unbranched alkanes of at least 4 members (excludes halogenated alkanes) is 4. The lowest BCUT2D eigenvalue weighted by Gasteiger charge is -2.27. The summed E-state index contributed by atoms with van der Waals surface area (Å²) in [6, 6.07) is 10.3. The fourth-order valence-electron chi connectivity index (χ4n) is 6.26. The molecule has 2 bridgehead atoms. The Morgan fingerprint density at radius 2 is 1.77 bits per heavy atom. The maximum Gasteiger partial charge on any atom is 0.457 e. The van der Waals surface area contributed by atoms with Crippen molar-refractivity contribution in [3.63, 3.8) is 0 Å². The number of benzene rings is 1. The second-order valence-corrected chi connectivity index (χ2v) is 12.8. The summed E-state index contributed by atoms with van der Waals surface area (Å²) >= 11 is 3.42. The van der Waals surface area contributed by atoms with Crippen molar-refractivity contribution < 1.29 is 24.0 Å². The molecule has 0 aromatic heterocycles. The number of carbonyl (C=O) groups excluding carboxylic acids is 2. The highest BCUT2D eigenvalue weighted by Gasteiger charge is 2.49. The zero-order chi connectivity index (χ0) is 30.9. The molecule has 8 heteroatoms. The van der Waals surface area contributed by atoms with Crippen LogP contribution in [0, 0.1) is 11.8 Å². The van der Waals surface area contributed by atoms with Crippen LogP contribution in [-0.4, -0.2) is 59.1 Å². The molecule has 1 aliphatic heterocycles. The number of imide groups is 1. The van der Waals surface area contributed by atoms with Crippen molar-refractivity contribution in [1.82, 2.24) is 4.90 Å². The summed E-state index contributed by atoms with van der Waals surface area (Å²) in [5, 5.41) is 11.7. The molecule has 1 N–H and O–H groups in total. The van der Waals surface area contributed by atoms with E-state index in [9.17, 15) is 14.7 Å². The van der Waals surface area contributed by atoms with E-state index in [1.165, 1.54) is 10.5 Å². The van der Waals surface area contributed by atoms with Gasteiger partial charge in [-0.3, -0.25) is 14.5 Å². The van der Waals surface area contributed by atoms with Gasteiger partial charge in [-0.2, -0.15) is 0 Å². The Balaban J connectivity index is 1.49. The summed E-state index contributed by atoms with van der Waals surface area (Å²) in [6.45, 7) is 4.50. The van der Waals surface area contributed by atoms with Gasteiger partial charge in [0, 0.05) is 36.7 Å². The quantitative estimate of drug-likeness (QED) is 0.0673. The molecule has 0 spiro atoms. The van der Waals surface area contributed by atoms with Crippen LogP contribution in [0.3, 0.4) is 0 Å². The van der Waals surface area contributed by atoms with Crippen LogP contribution in [0.4, 0.5) is 0 Å². The zero-order valence-corrected chi connectivity index (χ0v) is 28.0. The summed E-state index contributed by atoms with van der Waals surface area (Å²) in [5.74, 6) is 0.386. The molecule has 43 heavy (non-hydrogen) atoms. The summed E-state index contributed by atoms with van der Waals surface area (Å²) in [6.07, 6.45) is 20.0. The standard InChI is InChI=1S/C35H53BBrNO5/c1-3-5-25-36-42-32-27-33(43-36)31(24-23-29(39)22-21-28-16-10-8-11-17-28)30(32)18-12-6-7-13-19-34(40)38(4-2)35(41)20-14-9-15-26-37/h6,8,10-12,16-17,23-24,29-33,39H,3-5,7,9,13-15,18-22,25-27H2,1-2H3/b12-6-,24-23+/t29-,30+,31+,32?,33?/m0/s1. The van der Waals surface area contributed by atoms with Crippen molar-refractivity contribution in [3.05, 3.63) is 60.2 Å². The second kappa shape index (κ2) is 20.3. The van der Waals surface area contributed by atoms with Gasteiger partial charge in [-0.15, -0.1) is 0 Å². The van der Waals surface area contributed by atoms with Crippen LogP contribution < -0.4 is 0 Å². The Labute approximate surface area is 268 Å². The topological polar surface area (TPSA) is 76.1 Å². The second-order valence-electron chi connectivity index (χ2n) is 12.0. The highest BCUT2D eigenvalue weighted by molar-refractivity contribution is 9.09. The minimum Gasteiger partial charge on any atom is -0.408 e. The van der Waals surface area contributed by atoms with Crippen LogP contribution in [0.15, 0.2) is 54.6 Å². The van der Waals surface area contributed by atoms with Crippen molar-refractivity contribution in [2.45, 2.75) is 122 Å². The van der Waals surface area contributed by atoms with E-state index in [0.717, 1.165) is 75.9 Å². The number of alkyl halides is 1. The molecule has 1 aromatic rings. The predicted octanol–water partition coefficient (Wildman–Crippen LogP) is 7.69. The number of amides is 2. The summed E-state index contributed by atoms with van der Waals surface area (Å²) in [5.41, 5.74) is 1.24. The van der Waals surface area contributed by atoms with E-state index in [-0.39, 0.29) is 37.1 Å². The molecule has 1 saturated heterocycles. The lowest BCUT2D eigenvalue weighted by molar-refractivity contribution is -0.144. The SMILES string of the molecule is CCCCB1OC2CC(O1)[C@H](C/C=C\CCCC(=O)N(CC)C(=O)CCCCCBr)[C@H]2/C=C/[C@@H](O)CCc1ccccc1. The van der Waals surface area contributed by atoms with Gasteiger partial charge in [0.2, 0.25) is 11.8 Å². The number of halogens is 1. The van der Waals surface area contributed by atoms with Gasteiger partial charge in [-0.1, -0.05) is 96.8 Å². The van der Waals surface area contributed by atoms with Crippen molar-refractivity contribution in [3.8, 4) is 0 Å². The van der Waals surface area contributed by atoms with Gasteiger partial charge in [-0.25, -0.2) is 0 Å². The van der Waals surface area contributed by atoms with Crippen molar-refractivity contribution in [2.24, 2.45) is 11.8 Å². The van der Waals surface area contributed by atoms with Crippen molar-refractivity contribution in [2.75, 3.05) is 11.9 Å². The smallest absolute Gasteiger partial charge is 0.408 e. The molecule has 5 atom stereocenters. The van der Waals surface area contributed by atoms with Crippen LogP contribution in [0.1, 0.15) is 96.5 Å². The van der Waals surface area contributed by atoms with Gasteiger partial charge < -0.3 is 14.4 Å². The minimum absolute atomic E-state index is 0.0475. The maximum absolute atomic E-state index is 12.7. The third kappa shape index (κ3) is 12.3. The number of aryl methyl sites for hydroxylation is 1. The van der Waals surface area contributed by atoms with Crippen molar-refractivity contribution in [1.29, 1.82) is 0 Å². The van der Waals surface area contributed by atoms with E-state index in [0.29, 0.717) is 31.7 Å². The first-order valence-corrected chi connectivity index (χ1v) is 17.8. The number of carbonyl (C=O) groups is 2. The number of fused-ring (bicyclic) bond motifs is 2. The average molecular weight is 659 g/mol. The monoisotopic (exact) mass is 657 g/mol. The number of hydrogen-bond acceptors (Lipinski definition) is 5. The summed E-state index contributed by atoms with van der Waals surface area (Å²) in [4.78, 5) is 26.6. The molecular weight excluding hydrogens is 605 g/mol. The van der Waals surface area contributed by atoms with Gasteiger partial charge >= 0.3 is 7.12 Å². The Bertz CT molecular complexity index is 1010. The van der Waals surface area contributed by atoms with E-state index in [4.69, 9.17) is 9.31 Å². The first-order valence-electron chi connectivity index (χ1n) is 16.7. The van der Waals surface area contributed by atoms with Gasteiger partial charge in [0.05, 0.1) is 12.2 Å². The number of aliphatic hydroxyl groups is 1. The van der Waals surface area contributed by atoms with Gasteiger partial charge in [0.15, 0.2) is 0 Å². The normalized spacial score (nSPS) is 22.5. The van der Waals surface area contributed by atoms with E-state index >= 15 is 0 Å². The number of hydrogen-bond donors (Lipinski definition) is 1. The highest BCUT2D eigenvalue weighted by atomic mass is 79.9. The molecular formula is C35H53BBrNO5. The van der Waals surface area contributed by atoms with Gasteiger partial charge in [-0.05, 0) is 76.1 Å². The number of allylic oxidation sites excluding steroid dienone is 2. The molecule has 1 aromatic carbocycles. The molecule has 3 rings (SSSR count). The Hall–Kier alpha value is -1.74. The number of rotatable bonds is 20. The van der Waals surface area contributed by atoms with Crippen molar-refractivity contribution >= 4 is 34.9 Å². The predicted molar refractivity (Wildman–Crippen MR) is 179 cm³/mol. The molecule has 2 aliphatic rings. The molecule has 2 amide bonds. The number of nitrogens with zero attached hydrogens (tertiary/aromatic N) is 1. The fourth-order valence-corrected chi connectivity index (χ4v) is 6.65. The third-order valence-corrected chi connectivity index (χ3v) is 9.28. The Morgan fingerprint density at radius 3 is 2.49 bits per heavy atom. The van der Waals surface area contributed by atoms with Crippen LogP contribution in [0.2, 0.25) is 6.32 Å². The Kier molecular flexibility index (Phi) is 16.9. The highest BCUT2D eigenvalue weighted by Crippen LogP contribution is 2.44. The summed E-state index contributed by atoms with van der Waals surface area (Å²) < 4.78 is 12.8. The molecule has 2 unspecified atom stereocenters. The molecule has 238 valence electrons. The fraction of sp³-hybridized carbons (Fsp3) is 0.657. The largest absolute Gasteiger partial charge is 0.457 e. The molecule has 1 heterocycles. The molecule has 2 fully saturated rings. The average Bonchev–Trinajstić information content (AvgIpc) is 3.26. The van der Waals surface area contributed by atoms with Crippen LogP contribution in [0.25, 0.3) is 0 Å². The first kappa shape index (κ1) is 35.7. The molecule has 1 aliphatic carbocycles. The van der Waals surface area contributed by atoms with Crippen LogP contribution >= 0.6 is 15.9 Å². The lowest BCUT2D eigenvalue weighted by atomic mass is 9.80. The summed E-state index contributed by atoms with van der Waals surface area (Å²) in [7, 11) is -0.142. The first-order chi connectivity index (χ1) is 21.0. The molecule has 0 radical (unpaired) electrons. The lowest BCUT2D eigenvalue weighted by Crippen LogP contribution is -2.37.